The van der Waals surface area contributed by atoms with Crippen molar-refractivity contribution in [3.63, 3.8) is 0 Å². The first-order chi connectivity index (χ1) is 14.9. The fraction of sp³-hybridized carbons (Fsp3) is 0.429. The number of hydrogen-bond acceptors (Lipinski definition) is 7. The largest absolute Gasteiger partial charge is 0.573 e. The Morgan fingerprint density at radius 2 is 1.77 bits per heavy atom. The molecule has 1 N–H and O–H groups in total. The van der Waals surface area contributed by atoms with Gasteiger partial charge in [0, 0.05) is 37.6 Å². The maximum Gasteiger partial charge on any atom is 0.573 e. The molecule has 7 nitrogen and oxygen atoms in total. The molecule has 0 aromatic carbocycles. The Balaban J connectivity index is 1.61. The first-order valence-electron chi connectivity index (χ1n) is 10.2. The number of pyridine rings is 2. The van der Waals surface area contributed by atoms with Crippen molar-refractivity contribution in [3.05, 3.63) is 36.9 Å². The molecule has 0 atom stereocenters. The third kappa shape index (κ3) is 3.99. The van der Waals surface area contributed by atoms with Gasteiger partial charge >= 0.3 is 6.36 Å². The lowest BCUT2D eigenvalue weighted by Crippen LogP contribution is -2.41. The molecule has 2 fully saturated rings. The van der Waals surface area contributed by atoms with Crippen molar-refractivity contribution in [1.29, 1.82) is 0 Å². The molecule has 3 aromatic rings. The van der Waals surface area contributed by atoms with E-state index in [9.17, 15) is 13.2 Å². The van der Waals surface area contributed by atoms with Crippen LogP contribution < -0.4 is 15.0 Å². The van der Waals surface area contributed by atoms with Crippen LogP contribution in [0.3, 0.4) is 0 Å². The highest BCUT2D eigenvalue weighted by molar-refractivity contribution is 5.95. The van der Waals surface area contributed by atoms with Crippen LogP contribution >= 0.6 is 0 Å². The maximum atomic E-state index is 13.1. The number of anilines is 1. The minimum Gasteiger partial charge on any atom is -0.403 e. The predicted octanol–water partition coefficient (Wildman–Crippen LogP) is 3.57. The van der Waals surface area contributed by atoms with E-state index in [1.165, 1.54) is 6.20 Å². The molecule has 0 saturated carbocycles. The van der Waals surface area contributed by atoms with E-state index >= 15 is 0 Å². The highest BCUT2D eigenvalue weighted by Gasteiger charge is 2.38. The van der Waals surface area contributed by atoms with E-state index in [2.05, 4.69) is 25.0 Å². The third-order valence-electron chi connectivity index (χ3n) is 6.17. The smallest absolute Gasteiger partial charge is 0.403 e. The van der Waals surface area contributed by atoms with Crippen molar-refractivity contribution >= 4 is 16.7 Å². The fourth-order valence-electron chi connectivity index (χ4n) is 4.51. The van der Waals surface area contributed by atoms with Gasteiger partial charge in [-0.05, 0) is 43.4 Å². The van der Waals surface area contributed by atoms with Crippen molar-refractivity contribution in [2.24, 2.45) is 5.41 Å². The van der Waals surface area contributed by atoms with Crippen molar-refractivity contribution in [2.75, 3.05) is 31.1 Å². The van der Waals surface area contributed by atoms with Gasteiger partial charge in [0.1, 0.15) is 5.82 Å². The van der Waals surface area contributed by atoms with Crippen molar-refractivity contribution < 1.29 is 17.9 Å². The van der Waals surface area contributed by atoms with Gasteiger partial charge in [-0.3, -0.25) is 9.97 Å². The van der Waals surface area contributed by atoms with E-state index in [0.29, 0.717) is 30.2 Å². The standard InChI is InChI=1S/C21H21F3N6O/c22-21(23,24)31-16-12-27-11-15-17(16)19(29-18(28-15)14-1-6-25-7-2-14)30-9-4-20(5-10-30)3-8-26-13-20/h1-2,6-7,11-12,26H,3-5,8-10,13H2. The lowest BCUT2D eigenvalue weighted by Gasteiger charge is -2.39. The molecule has 0 aliphatic carbocycles. The average molecular weight is 430 g/mol. The Kier molecular flexibility index (Phi) is 4.88. The van der Waals surface area contributed by atoms with E-state index in [1.54, 1.807) is 24.5 Å². The van der Waals surface area contributed by atoms with Crippen LogP contribution in [-0.2, 0) is 0 Å². The Labute approximate surface area is 176 Å². The second-order valence-corrected chi connectivity index (χ2v) is 8.10. The molecule has 162 valence electrons. The fourth-order valence-corrected chi connectivity index (χ4v) is 4.51. The zero-order chi connectivity index (χ0) is 21.5. The van der Waals surface area contributed by atoms with E-state index in [1.807, 2.05) is 4.90 Å². The Bertz CT molecular complexity index is 1080. The summed E-state index contributed by atoms with van der Waals surface area (Å²) in [5, 5.41) is 3.66. The SMILES string of the molecule is FC(F)(F)Oc1cncc2nc(-c3ccncc3)nc(N3CCC4(CCNC4)CC3)c12. The molecule has 5 heterocycles. The summed E-state index contributed by atoms with van der Waals surface area (Å²) >= 11 is 0. The number of alkyl halides is 3. The highest BCUT2D eigenvalue weighted by atomic mass is 19.4. The van der Waals surface area contributed by atoms with Crippen molar-refractivity contribution in [3.8, 4) is 17.1 Å². The topological polar surface area (TPSA) is 76.1 Å². The van der Waals surface area contributed by atoms with Crippen LogP contribution in [0.5, 0.6) is 5.75 Å². The number of aromatic nitrogens is 4. The van der Waals surface area contributed by atoms with Gasteiger partial charge in [-0.25, -0.2) is 9.97 Å². The summed E-state index contributed by atoms with van der Waals surface area (Å²) in [7, 11) is 0. The number of nitrogens with one attached hydrogen (secondary N) is 1. The molecule has 31 heavy (non-hydrogen) atoms. The summed E-state index contributed by atoms with van der Waals surface area (Å²) in [6.45, 7) is 3.41. The van der Waals surface area contributed by atoms with Gasteiger partial charge in [-0.2, -0.15) is 0 Å². The molecule has 0 amide bonds. The zero-order valence-corrected chi connectivity index (χ0v) is 16.7. The Morgan fingerprint density at radius 1 is 1.00 bits per heavy atom. The van der Waals surface area contributed by atoms with Gasteiger partial charge in [0.15, 0.2) is 11.6 Å². The molecule has 2 aliphatic heterocycles. The molecular weight excluding hydrogens is 409 g/mol. The Morgan fingerprint density at radius 3 is 2.45 bits per heavy atom. The molecule has 10 heteroatoms. The molecule has 2 aliphatic rings. The second kappa shape index (κ2) is 7.60. The van der Waals surface area contributed by atoms with Gasteiger partial charge in [0.05, 0.1) is 23.3 Å². The maximum absolute atomic E-state index is 13.1. The minimum absolute atomic E-state index is 0.227. The van der Waals surface area contributed by atoms with Crippen molar-refractivity contribution in [1.82, 2.24) is 25.3 Å². The zero-order valence-electron chi connectivity index (χ0n) is 16.7. The van der Waals surface area contributed by atoms with Crippen LogP contribution in [0.25, 0.3) is 22.3 Å². The number of hydrogen-bond donors (Lipinski definition) is 1. The number of piperidine rings is 1. The third-order valence-corrected chi connectivity index (χ3v) is 6.17. The number of fused-ring (bicyclic) bond motifs is 1. The van der Waals surface area contributed by atoms with Crippen molar-refractivity contribution in [2.45, 2.75) is 25.6 Å². The first kappa shape index (κ1) is 19.9. The molecule has 0 bridgehead atoms. The van der Waals surface area contributed by atoms with E-state index in [-0.39, 0.29) is 16.6 Å². The van der Waals surface area contributed by atoms with Gasteiger partial charge < -0.3 is 15.0 Å². The lowest BCUT2D eigenvalue weighted by atomic mass is 9.78. The summed E-state index contributed by atoms with van der Waals surface area (Å²) in [5.41, 5.74) is 1.30. The normalized spacial score (nSPS) is 18.6. The van der Waals surface area contributed by atoms with Crippen LogP contribution in [0, 0.1) is 5.41 Å². The monoisotopic (exact) mass is 430 g/mol. The summed E-state index contributed by atoms with van der Waals surface area (Å²) < 4.78 is 43.5. The molecular formula is C21H21F3N6O. The molecule has 1 spiro atoms. The molecule has 0 unspecified atom stereocenters. The molecule has 2 saturated heterocycles. The minimum atomic E-state index is -4.83. The summed E-state index contributed by atoms with van der Waals surface area (Å²) in [5.74, 6) is 0.474. The summed E-state index contributed by atoms with van der Waals surface area (Å²) in [6.07, 6.45) is 3.97. The quantitative estimate of drug-likeness (QED) is 0.681. The summed E-state index contributed by atoms with van der Waals surface area (Å²) in [6, 6.07) is 3.54. The number of nitrogens with zero attached hydrogens (tertiary/aromatic N) is 5. The van der Waals surface area contributed by atoms with Gasteiger partial charge in [-0.15, -0.1) is 13.2 Å². The summed E-state index contributed by atoms with van der Waals surface area (Å²) in [4.78, 5) is 19.1. The number of halogens is 3. The Hall–Kier alpha value is -3.01. The van der Waals surface area contributed by atoms with Crippen LogP contribution in [0.1, 0.15) is 19.3 Å². The molecule has 0 radical (unpaired) electrons. The lowest BCUT2D eigenvalue weighted by molar-refractivity contribution is -0.274. The number of ether oxygens (including phenoxy) is 1. The predicted molar refractivity (Wildman–Crippen MR) is 109 cm³/mol. The average Bonchev–Trinajstić information content (AvgIpc) is 3.21. The molecule has 5 rings (SSSR count). The van der Waals surface area contributed by atoms with E-state index in [4.69, 9.17) is 4.98 Å². The second-order valence-electron chi connectivity index (χ2n) is 8.10. The van der Waals surface area contributed by atoms with Gasteiger partial charge in [-0.1, -0.05) is 0 Å². The van der Waals surface area contributed by atoms with Gasteiger partial charge in [0.25, 0.3) is 0 Å². The highest BCUT2D eigenvalue weighted by Crippen LogP contribution is 2.41. The van der Waals surface area contributed by atoms with E-state index in [0.717, 1.165) is 44.1 Å². The van der Waals surface area contributed by atoms with Gasteiger partial charge in [0.2, 0.25) is 0 Å². The van der Waals surface area contributed by atoms with Crippen LogP contribution in [0.2, 0.25) is 0 Å². The van der Waals surface area contributed by atoms with Crippen LogP contribution in [0.15, 0.2) is 36.9 Å². The van der Waals surface area contributed by atoms with E-state index < -0.39 is 6.36 Å². The van der Waals surface area contributed by atoms with Crippen LogP contribution in [-0.4, -0.2) is 52.5 Å². The number of rotatable bonds is 3. The first-order valence-corrected chi connectivity index (χ1v) is 10.2. The molecule has 3 aromatic heterocycles. The van der Waals surface area contributed by atoms with Crippen LogP contribution in [0.4, 0.5) is 19.0 Å².